The molecule has 1 unspecified atom stereocenters. The van der Waals surface area contributed by atoms with Crippen molar-refractivity contribution in [1.82, 2.24) is 0 Å². The second-order valence-corrected chi connectivity index (χ2v) is 4.68. The second kappa shape index (κ2) is 7.01. The molecule has 0 aliphatic rings. The van der Waals surface area contributed by atoms with Crippen molar-refractivity contribution in [3.63, 3.8) is 0 Å². The zero-order chi connectivity index (χ0) is 14.4. The van der Waals surface area contributed by atoms with Gasteiger partial charge in [0.05, 0.1) is 0 Å². The molecule has 0 heterocycles. The second-order valence-electron chi connectivity index (χ2n) is 4.68. The van der Waals surface area contributed by atoms with Crippen LogP contribution in [0.1, 0.15) is 11.1 Å². The first kappa shape index (κ1) is 14.5. The van der Waals surface area contributed by atoms with E-state index in [0.717, 1.165) is 12.0 Å². The van der Waals surface area contributed by atoms with E-state index >= 15 is 0 Å². The van der Waals surface area contributed by atoms with Crippen molar-refractivity contribution >= 4 is 0 Å². The molecule has 0 bridgehead atoms. The Labute approximate surface area is 117 Å². The third-order valence-corrected chi connectivity index (χ3v) is 2.99. The van der Waals surface area contributed by atoms with Gasteiger partial charge in [-0.1, -0.05) is 42.5 Å². The minimum atomic E-state index is -2.79. The molecular formula is C16H17F2NO. The highest BCUT2D eigenvalue weighted by Gasteiger charge is 2.07. The van der Waals surface area contributed by atoms with Crippen LogP contribution in [0, 0.1) is 0 Å². The molecule has 0 saturated heterocycles. The molecule has 0 fully saturated rings. The van der Waals surface area contributed by atoms with E-state index in [4.69, 9.17) is 5.73 Å². The number of nitrogens with two attached hydrogens (primary N) is 1. The molecule has 2 aromatic carbocycles. The Morgan fingerprint density at radius 2 is 1.40 bits per heavy atom. The van der Waals surface area contributed by atoms with E-state index in [1.165, 1.54) is 17.7 Å². The first-order chi connectivity index (χ1) is 9.63. The van der Waals surface area contributed by atoms with E-state index in [9.17, 15) is 8.78 Å². The van der Waals surface area contributed by atoms with Gasteiger partial charge >= 0.3 is 6.61 Å². The van der Waals surface area contributed by atoms with Crippen LogP contribution in [0.25, 0.3) is 0 Å². The minimum Gasteiger partial charge on any atom is -0.435 e. The zero-order valence-electron chi connectivity index (χ0n) is 11.0. The number of hydrogen-bond donors (Lipinski definition) is 1. The summed E-state index contributed by atoms with van der Waals surface area (Å²) in [7, 11) is 0. The fourth-order valence-electron chi connectivity index (χ4n) is 2.10. The summed E-state index contributed by atoms with van der Waals surface area (Å²) in [6, 6.07) is 16.6. The van der Waals surface area contributed by atoms with Gasteiger partial charge < -0.3 is 10.5 Å². The smallest absolute Gasteiger partial charge is 0.387 e. The van der Waals surface area contributed by atoms with Gasteiger partial charge in [0.25, 0.3) is 0 Å². The summed E-state index contributed by atoms with van der Waals surface area (Å²) in [6.45, 7) is -2.79. The lowest BCUT2D eigenvalue weighted by molar-refractivity contribution is -0.0498. The van der Waals surface area contributed by atoms with E-state index in [0.29, 0.717) is 6.42 Å². The van der Waals surface area contributed by atoms with Crippen LogP contribution in [-0.4, -0.2) is 12.7 Å². The number of ether oxygens (including phenoxy) is 1. The molecule has 0 radical (unpaired) electrons. The molecule has 0 aliphatic heterocycles. The van der Waals surface area contributed by atoms with Crippen LogP contribution in [0.5, 0.6) is 5.75 Å². The van der Waals surface area contributed by atoms with Crippen molar-refractivity contribution in [2.45, 2.75) is 25.5 Å². The largest absolute Gasteiger partial charge is 0.435 e. The van der Waals surface area contributed by atoms with Crippen molar-refractivity contribution in [3.05, 3.63) is 65.7 Å². The molecule has 0 amide bonds. The molecule has 4 heteroatoms. The number of alkyl halides is 2. The van der Waals surface area contributed by atoms with E-state index in [-0.39, 0.29) is 11.8 Å². The number of hydrogen-bond acceptors (Lipinski definition) is 2. The maximum Gasteiger partial charge on any atom is 0.387 e. The SMILES string of the molecule is NC(Cc1ccccc1)Cc1ccc(OC(F)F)cc1. The Balaban J connectivity index is 1.89. The van der Waals surface area contributed by atoms with Crippen molar-refractivity contribution in [2.75, 3.05) is 0 Å². The fourth-order valence-corrected chi connectivity index (χ4v) is 2.10. The maximum absolute atomic E-state index is 12.0. The Bertz CT molecular complexity index is 514. The number of benzene rings is 2. The lowest BCUT2D eigenvalue weighted by Gasteiger charge is -2.12. The highest BCUT2D eigenvalue weighted by Crippen LogP contribution is 2.16. The van der Waals surface area contributed by atoms with Gasteiger partial charge in [-0.2, -0.15) is 8.78 Å². The maximum atomic E-state index is 12.0. The van der Waals surface area contributed by atoms with Crippen molar-refractivity contribution in [1.29, 1.82) is 0 Å². The molecule has 106 valence electrons. The average molecular weight is 277 g/mol. The quantitative estimate of drug-likeness (QED) is 0.878. The molecule has 0 spiro atoms. The van der Waals surface area contributed by atoms with E-state index < -0.39 is 6.61 Å². The van der Waals surface area contributed by atoms with Gasteiger partial charge in [-0.15, -0.1) is 0 Å². The monoisotopic (exact) mass is 277 g/mol. The van der Waals surface area contributed by atoms with Crippen LogP contribution in [0.4, 0.5) is 8.78 Å². The molecule has 0 aromatic heterocycles. The van der Waals surface area contributed by atoms with Gasteiger partial charge in [-0.25, -0.2) is 0 Å². The summed E-state index contributed by atoms with van der Waals surface area (Å²) >= 11 is 0. The summed E-state index contributed by atoms with van der Waals surface area (Å²) in [6.07, 6.45) is 1.49. The van der Waals surface area contributed by atoms with Crippen LogP contribution in [0.3, 0.4) is 0 Å². The molecule has 2 nitrogen and oxygen atoms in total. The zero-order valence-corrected chi connectivity index (χ0v) is 11.0. The summed E-state index contributed by atoms with van der Waals surface area (Å²) in [4.78, 5) is 0. The fraction of sp³-hybridized carbons (Fsp3) is 0.250. The van der Waals surface area contributed by atoms with Gasteiger partial charge in [-0.3, -0.25) is 0 Å². The van der Waals surface area contributed by atoms with Crippen LogP contribution < -0.4 is 10.5 Å². The van der Waals surface area contributed by atoms with Crippen LogP contribution >= 0.6 is 0 Å². The molecule has 0 saturated carbocycles. The van der Waals surface area contributed by atoms with Gasteiger partial charge in [-0.05, 0) is 36.1 Å². The van der Waals surface area contributed by atoms with Crippen LogP contribution in [0.2, 0.25) is 0 Å². The normalized spacial score (nSPS) is 12.4. The lowest BCUT2D eigenvalue weighted by Crippen LogP contribution is -2.25. The molecule has 2 aromatic rings. The van der Waals surface area contributed by atoms with Crippen LogP contribution in [0.15, 0.2) is 54.6 Å². The Kier molecular flexibility index (Phi) is 5.07. The summed E-state index contributed by atoms with van der Waals surface area (Å²) in [5.41, 5.74) is 8.31. The van der Waals surface area contributed by atoms with E-state index in [1.54, 1.807) is 12.1 Å². The topological polar surface area (TPSA) is 35.2 Å². The molecular weight excluding hydrogens is 260 g/mol. The first-order valence-electron chi connectivity index (χ1n) is 6.47. The molecule has 2 rings (SSSR count). The standard InChI is InChI=1S/C16H17F2NO/c17-16(18)20-15-8-6-13(7-9-15)11-14(19)10-12-4-2-1-3-5-12/h1-9,14,16H,10-11,19H2. The molecule has 0 aliphatic carbocycles. The average Bonchev–Trinajstić information content (AvgIpc) is 2.41. The van der Waals surface area contributed by atoms with E-state index in [2.05, 4.69) is 4.74 Å². The van der Waals surface area contributed by atoms with Gasteiger partial charge in [0.2, 0.25) is 0 Å². The summed E-state index contributed by atoms with van der Waals surface area (Å²) in [5, 5.41) is 0. The van der Waals surface area contributed by atoms with Crippen molar-refractivity contribution in [3.8, 4) is 5.75 Å². The predicted molar refractivity (Wildman–Crippen MR) is 74.9 cm³/mol. The third kappa shape index (κ3) is 4.63. The van der Waals surface area contributed by atoms with Crippen molar-refractivity contribution in [2.24, 2.45) is 5.73 Å². The Morgan fingerprint density at radius 1 is 0.850 bits per heavy atom. The molecule has 2 N–H and O–H groups in total. The third-order valence-electron chi connectivity index (χ3n) is 2.99. The molecule has 1 atom stereocenters. The lowest BCUT2D eigenvalue weighted by atomic mass is 10.00. The number of rotatable bonds is 6. The highest BCUT2D eigenvalue weighted by atomic mass is 19.3. The number of halogens is 2. The van der Waals surface area contributed by atoms with Gasteiger partial charge in [0, 0.05) is 6.04 Å². The first-order valence-corrected chi connectivity index (χ1v) is 6.47. The summed E-state index contributed by atoms with van der Waals surface area (Å²) in [5.74, 6) is 0.167. The predicted octanol–water partition coefficient (Wildman–Crippen LogP) is 3.40. The Hall–Kier alpha value is -1.94. The van der Waals surface area contributed by atoms with Crippen molar-refractivity contribution < 1.29 is 13.5 Å². The van der Waals surface area contributed by atoms with Crippen LogP contribution in [-0.2, 0) is 12.8 Å². The molecule has 20 heavy (non-hydrogen) atoms. The van der Waals surface area contributed by atoms with Gasteiger partial charge in [0.15, 0.2) is 0 Å². The van der Waals surface area contributed by atoms with E-state index in [1.807, 2.05) is 30.3 Å². The Morgan fingerprint density at radius 3 is 1.95 bits per heavy atom. The highest BCUT2D eigenvalue weighted by molar-refractivity contribution is 5.28. The van der Waals surface area contributed by atoms with Gasteiger partial charge in [0.1, 0.15) is 5.75 Å². The minimum absolute atomic E-state index is 0.000679. The summed E-state index contributed by atoms with van der Waals surface area (Å²) < 4.78 is 28.4.